The standard InChI is InChI=1S/C41H41ClN8O5/c1-43-32-10-9-28(21-31(32)42)47-15-13-41(24-47)14-16-48(25-41)38(53)26-5-7-27(8-6-26)45-17-19-46(20-18-45)29-22-49(23-29)33-4-2-3-30-36(33)40(55)50(39(30)54)34-11-12-35(51)44-37(34)52/h2-10,21,29,34H,11-20,22-25H2,(H,44,51,52). The van der Waals surface area contributed by atoms with Crippen molar-refractivity contribution >= 4 is 63.9 Å². The van der Waals surface area contributed by atoms with Crippen molar-refractivity contribution in [2.75, 3.05) is 80.1 Å². The molecule has 0 bridgehead atoms. The van der Waals surface area contributed by atoms with Crippen molar-refractivity contribution < 1.29 is 24.0 Å². The first-order valence-corrected chi connectivity index (χ1v) is 19.4. The number of hydrogen-bond donors (Lipinski definition) is 1. The molecule has 9 rings (SSSR count). The Balaban J connectivity index is 0.766. The van der Waals surface area contributed by atoms with Crippen LogP contribution >= 0.6 is 11.6 Å². The van der Waals surface area contributed by atoms with E-state index in [1.54, 1.807) is 18.2 Å². The van der Waals surface area contributed by atoms with Crippen molar-refractivity contribution in [2.45, 2.75) is 37.8 Å². The molecule has 5 saturated heterocycles. The van der Waals surface area contributed by atoms with Gasteiger partial charge in [-0.25, -0.2) is 4.85 Å². The molecular weight excluding hydrogens is 720 g/mol. The summed E-state index contributed by atoms with van der Waals surface area (Å²) in [6, 6.07) is 18.2. The molecule has 1 N–H and O–H groups in total. The number of nitrogens with one attached hydrogen (secondary N) is 1. The Bertz CT molecular complexity index is 2160. The molecule has 0 aromatic heterocycles. The molecule has 1 spiro atoms. The molecule has 55 heavy (non-hydrogen) atoms. The van der Waals surface area contributed by atoms with Gasteiger partial charge in [0.15, 0.2) is 0 Å². The fourth-order valence-electron chi connectivity index (χ4n) is 9.37. The molecular formula is C41H41ClN8O5. The number of fused-ring (bicyclic) bond motifs is 1. The number of rotatable bonds is 6. The monoisotopic (exact) mass is 760 g/mol. The highest BCUT2D eigenvalue weighted by atomic mass is 35.5. The lowest BCUT2D eigenvalue weighted by Gasteiger charge is -2.49. The molecule has 3 aromatic carbocycles. The molecule has 6 aliphatic rings. The quantitative estimate of drug-likeness (QED) is 0.293. The number of carbonyl (C=O) groups is 5. The number of benzene rings is 3. The summed E-state index contributed by atoms with van der Waals surface area (Å²) in [5, 5.41) is 2.73. The lowest BCUT2D eigenvalue weighted by atomic mass is 9.86. The highest BCUT2D eigenvalue weighted by molar-refractivity contribution is 6.33. The lowest BCUT2D eigenvalue weighted by Crippen LogP contribution is -2.63. The zero-order valence-electron chi connectivity index (χ0n) is 30.4. The number of halogens is 1. The third-order valence-electron chi connectivity index (χ3n) is 12.5. The fraction of sp³-hybridized carbons (Fsp3) is 0.415. The summed E-state index contributed by atoms with van der Waals surface area (Å²) in [6.45, 7) is 15.5. The Morgan fingerprint density at radius 1 is 0.818 bits per heavy atom. The van der Waals surface area contributed by atoms with E-state index in [4.69, 9.17) is 18.2 Å². The Morgan fingerprint density at radius 2 is 1.56 bits per heavy atom. The molecule has 14 heteroatoms. The van der Waals surface area contributed by atoms with E-state index in [9.17, 15) is 24.0 Å². The van der Waals surface area contributed by atoms with Crippen molar-refractivity contribution in [1.29, 1.82) is 0 Å². The molecule has 0 saturated carbocycles. The van der Waals surface area contributed by atoms with Gasteiger partial charge in [0, 0.05) is 105 Å². The minimum Gasteiger partial charge on any atom is -0.371 e. The summed E-state index contributed by atoms with van der Waals surface area (Å²) < 4.78 is 0. The molecule has 13 nitrogen and oxygen atoms in total. The number of imide groups is 2. The summed E-state index contributed by atoms with van der Waals surface area (Å²) in [4.78, 5) is 80.4. The summed E-state index contributed by atoms with van der Waals surface area (Å²) in [7, 11) is 0. The molecule has 2 unspecified atom stereocenters. The van der Waals surface area contributed by atoms with Crippen LogP contribution in [0.5, 0.6) is 0 Å². The number of nitrogens with zero attached hydrogens (tertiary/aromatic N) is 7. The first-order chi connectivity index (χ1) is 26.6. The molecule has 0 aliphatic carbocycles. The van der Waals surface area contributed by atoms with E-state index in [2.05, 4.69) is 41.9 Å². The highest BCUT2D eigenvalue weighted by Gasteiger charge is 2.48. The van der Waals surface area contributed by atoms with E-state index in [1.165, 1.54) is 0 Å². The van der Waals surface area contributed by atoms with Crippen LogP contribution in [0.1, 0.15) is 56.8 Å². The van der Waals surface area contributed by atoms with Gasteiger partial charge >= 0.3 is 0 Å². The van der Waals surface area contributed by atoms with Crippen LogP contribution in [0, 0.1) is 12.0 Å². The first kappa shape index (κ1) is 35.3. The smallest absolute Gasteiger partial charge is 0.264 e. The van der Waals surface area contributed by atoms with Crippen molar-refractivity contribution in [3.8, 4) is 0 Å². The second-order valence-corrected chi connectivity index (χ2v) is 16.1. The van der Waals surface area contributed by atoms with E-state index >= 15 is 0 Å². The first-order valence-electron chi connectivity index (χ1n) is 19.0. The van der Waals surface area contributed by atoms with Gasteiger partial charge in [-0.2, -0.15) is 0 Å². The summed E-state index contributed by atoms with van der Waals surface area (Å²) >= 11 is 6.32. The van der Waals surface area contributed by atoms with Crippen molar-refractivity contribution in [3.05, 3.63) is 93.8 Å². The number of hydrogen-bond acceptors (Lipinski definition) is 9. The molecule has 2 atom stereocenters. The second kappa shape index (κ2) is 13.7. The Hall–Kier alpha value is -5.45. The van der Waals surface area contributed by atoms with Gasteiger partial charge in [0.1, 0.15) is 6.04 Å². The van der Waals surface area contributed by atoms with Gasteiger partial charge in [0.2, 0.25) is 17.5 Å². The predicted molar refractivity (Wildman–Crippen MR) is 207 cm³/mol. The largest absolute Gasteiger partial charge is 0.371 e. The zero-order chi connectivity index (χ0) is 38.0. The topological polar surface area (TPSA) is 121 Å². The molecule has 282 valence electrons. The number of piperazine rings is 1. The van der Waals surface area contributed by atoms with Crippen LogP contribution in [0.15, 0.2) is 60.7 Å². The fourth-order valence-corrected chi connectivity index (χ4v) is 9.58. The average Bonchev–Trinajstić information content (AvgIpc) is 3.87. The van der Waals surface area contributed by atoms with Gasteiger partial charge in [-0.05, 0) is 67.8 Å². The van der Waals surface area contributed by atoms with E-state index in [0.29, 0.717) is 39.1 Å². The van der Waals surface area contributed by atoms with Crippen LogP contribution in [0.4, 0.5) is 22.7 Å². The van der Waals surface area contributed by atoms with Gasteiger partial charge in [0.25, 0.3) is 17.7 Å². The SMILES string of the molecule is [C-]#[N+]c1ccc(N2CCC3(CCN(C(=O)c4ccc(N5CCN(C6CN(c7cccc8c7C(=O)N(C7CCC(=O)NC7=O)C8=O)C6)CC5)cc4)C3)C2)cc1Cl. The van der Waals surface area contributed by atoms with Gasteiger partial charge in [0.05, 0.1) is 23.4 Å². The molecule has 0 radical (unpaired) electrons. The molecule has 5 amide bonds. The summed E-state index contributed by atoms with van der Waals surface area (Å²) in [5.74, 6) is -1.90. The van der Waals surface area contributed by atoms with Crippen molar-refractivity contribution in [3.63, 3.8) is 0 Å². The van der Waals surface area contributed by atoms with Crippen molar-refractivity contribution in [2.24, 2.45) is 5.41 Å². The Kier molecular flexibility index (Phi) is 8.78. The third kappa shape index (κ3) is 6.17. The highest BCUT2D eigenvalue weighted by Crippen LogP contribution is 2.43. The van der Waals surface area contributed by atoms with E-state index in [1.807, 2.05) is 35.2 Å². The predicted octanol–water partition coefficient (Wildman–Crippen LogP) is 4.05. The van der Waals surface area contributed by atoms with E-state index in [-0.39, 0.29) is 24.2 Å². The average molecular weight is 761 g/mol. The van der Waals surface area contributed by atoms with Gasteiger partial charge in [-0.1, -0.05) is 23.7 Å². The van der Waals surface area contributed by atoms with Crippen LogP contribution in [0.2, 0.25) is 5.02 Å². The molecule has 3 aromatic rings. The number of anilines is 3. The number of carbonyl (C=O) groups excluding carboxylic acids is 5. The lowest BCUT2D eigenvalue weighted by molar-refractivity contribution is -0.136. The molecule has 6 heterocycles. The van der Waals surface area contributed by atoms with Crippen LogP contribution in [-0.2, 0) is 9.59 Å². The maximum Gasteiger partial charge on any atom is 0.264 e. The summed E-state index contributed by atoms with van der Waals surface area (Å²) in [6.07, 6.45) is 2.20. The van der Waals surface area contributed by atoms with Gasteiger partial charge in [-0.3, -0.25) is 39.1 Å². The number of likely N-dealkylation sites (tertiary alicyclic amines) is 1. The maximum absolute atomic E-state index is 13.6. The van der Waals surface area contributed by atoms with E-state index < -0.39 is 29.7 Å². The van der Waals surface area contributed by atoms with Gasteiger partial charge in [-0.15, -0.1) is 0 Å². The second-order valence-electron chi connectivity index (χ2n) is 15.7. The summed E-state index contributed by atoms with van der Waals surface area (Å²) in [5.41, 5.74) is 4.70. The Morgan fingerprint density at radius 3 is 2.29 bits per heavy atom. The van der Waals surface area contributed by atoms with Crippen LogP contribution < -0.4 is 20.0 Å². The minimum absolute atomic E-state index is 0.0637. The molecule has 6 aliphatic heterocycles. The molecule has 5 fully saturated rings. The van der Waals surface area contributed by atoms with Crippen LogP contribution in [-0.4, -0.2) is 122 Å². The van der Waals surface area contributed by atoms with Gasteiger partial charge < -0.3 is 19.6 Å². The third-order valence-corrected chi connectivity index (χ3v) is 12.8. The normalized spacial score (nSPS) is 24.4. The maximum atomic E-state index is 13.6. The van der Waals surface area contributed by atoms with Crippen LogP contribution in [0.3, 0.4) is 0 Å². The van der Waals surface area contributed by atoms with Crippen molar-refractivity contribution in [1.82, 2.24) is 20.0 Å². The Labute approximate surface area is 324 Å². The number of amides is 5. The zero-order valence-corrected chi connectivity index (χ0v) is 31.1. The van der Waals surface area contributed by atoms with Crippen LogP contribution in [0.25, 0.3) is 4.85 Å². The van der Waals surface area contributed by atoms with E-state index in [0.717, 1.165) is 94.6 Å². The number of piperidine rings is 1. The minimum atomic E-state index is -0.985.